The number of hydrogen-bond acceptors (Lipinski definition) is 5. The predicted molar refractivity (Wildman–Crippen MR) is 92.0 cm³/mol. The van der Waals surface area contributed by atoms with E-state index in [1.54, 1.807) is 6.07 Å². The van der Waals surface area contributed by atoms with Gasteiger partial charge in [0, 0.05) is 11.6 Å². The lowest BCUT2D eigenvalue weighted by Gasteiger charge is -2.34. The Morgan fingerprint density at radius 3 is 2.58 bits per heavy atom. The van der Waals surface area contributed by atoms with Gasteiger partial charge in [-0.3, -0.25) is 0 Å². The minimum atomic E-state index is -3.45. The molecule has 130 valence electrons. The average Bonchev–Trinajstić information content (AvgIpc) is 2.98. The number of sulfone groups is 1. The first-order chi connectivity index (χ1) is 11.4. The van der Waals surface area contributed by atoms with Crippen molar-refractivity contribution in [1.82, 2.24) is 5.16 Å². The van der Waals surface area contributed by atoms with Gasteiger partial charge in [0.15, 0.2) is 15.6 Å². The minimum Gasteiger partial charge on any atom is -0.389 e. The Morgan fingerprint density at radius 1 is 1.25 bits per heavy atom. The molecule has 0 unspecified atom stereocenters. The molecule has 6 heteroatoms. The van der Waals surface area contributed by atoms with E-state index in [4.69, 9.17) is 4.52 Å². The zero-order valence-electron chi connectivity index (χ0n) is 13.8. The Hall–Kier alpha value is -1.66. The molecule has 1 aliphatic carbocycles. The lowest BCUT2D eigenvalue weighted by molar-refractivity contribution is 0.0135. The third-order valence-electron chi connectivity index (χ3n) is 4.68. The fourth-order valence-electron chi connectivity index (χ4n) is 3.25. The second kappa shape index (κ2) is 6.69. The topological polar surface area (TPSA) is 80.4 Å². The van der Waals surface area contributed by atoms with Gasteiger partial charge in [-0.15, -0.1) is 0 Å². The summed E-state index contributed by atoms with van der Waals surface area (Å²) in [5.41, 5.74) is 0.132. The van der Waals surface area contributed by atoms with E-state index in [-0.39, 0.29) is 11.5 Å². The van der Waals surface area contributed by atoms with Gasteiger partial charge in [-0.05, 0) is 31.6 Å². The van der Waals surface area contributed by atoms with Crippen LogP contribution in [0.3, 0.4) is 0 Å². The lowest BCUT2D eigenvalue weighted by atomic mass is 9.81. The van der Waals surface area contributed by atoms with Crippen LogP contribution in [0.25, 0.3) is 11.3 Å². The molecule has 5 nitrogen and oxygen atoms in total. The smallest absolute Gasteiger partial charge is 0.167 e. The molecule has 0 bridgehead atoms. The summed E-state index contributed by atoms with van der Waals surface area (Å²) in [4.78, 5) is 0. The van der Waals surface area contributed by atoms with Gasteiger partial charge in [0.25, 0.3) is 0 Å². The average molecular weight is 349 g/mol. The first-order valence-electron chi connectivity index (χ1n) is 8.29. The molecule has 2 aromatic rings. The molecule has 1 aromatic heterocycles. The van der Waals surface area contributed by atoms with E-state index in [9.17, 15) is 13.5 Å². The summed E-state index contributed by atoms with van der Waals surface area (Å²) in [6, 6.07) is 11.1. The summed E-state index contributed by atoms with van der Waals surface area (Å²) in [5.74, 6) is 0.685. The molecule has 1 aromatic carbocycles. The molecule has 0 radical (unpaired) electrons. The Labute approximate surface area is 142 Å². The Balaban J connectivity index is 1.68. The highest BCUT2D eigenvalue weighted by atomic mass is 32.2. The summed E-state index contributed by atoms with van der Waals surface area (Å²) in [6.07, 6.45) is 2.82. The highest BCUT2D eigenvalue weighted by Gasteiger charge is 2.36. The molecular formula is C18H23NO4S. The van der Waals surface area contributed by atoms with Gasteiger partial charge >= 0.3 is 0 Å². The lowest BCUT2D eigenvalue weighted by Crippen LogP contribution is -2.40. The maximum absolute atomic E-state index is 12.5. The second-order valence-corrected chi connectivity index (χ2v) is 9.05. The standard InChI is InChI=1S/C18H23NO4S/c1-14-7-9-18(20,10-8-14)13-24(21,22)12-16-11-17(23-19-16)15-5-3-2-4-6-15/h2-6,11,14,20H,7-10,12-13H2,1H3. The number of hydrogen-bond donors (Lipinski definition) is 1. The SMILES string of the molecule is CC1CCC(O)(CS(=O)(=O)Cc2cc(-c3ccccc3)on2)CC1. The molecule has 0 saturated heterocycles. The summed E-state index contributed by atoms with van der Waals surface area (Å²) in [5, 5.41) is 14.4. The van der Waals surface area contributed by atoms with Gasteiger partial charge in [0.1, 0.15) is 0 Å². The molecule has 0 aliphatic heterocycles. The number of benzene rings is 1. The summed E-state index contributed by atoms with van der Waals surface area (Å²) in [7, 11) is -3.45. The Bertz CT molecular complexity index is 774. The third kappa shape index (κ3) is 4.24. The maximum Gasteiger partial charge on any atom is 0.167 e. The normalized spacial score (nSPS) is 24.8. The van der Waals surface area contributed by atoms with Crippen molar-refractivity contribution < 1.29 is 18.0 Å². The first-order valence-corrected chi connectivity index (χ1v) is 10.1. The van der Waals surface area contributed by atoms with Crippen LogP contribution in [0.4, 0.5) is 0 Å². The molecule has 1 N–H and O–H groups in total. The molecule has 0 amide bonds. The van der Waals surface area contributed by atoms with Crippen molar-refractivity contribution in [3.8, 4) is 11.3 Å². The van der Waals surface area contributed by atoms with E-state index in [1.165, 1.54) is 0 Å². The highest BCUT2D eigenvalue weighted by molar-refractivity contribution is 7.90. The van der Waals surface area contributed by atoms with Gasteiger partial charge in [-0.1, -0.05) is 42.4 Å². The van der Waals surface area contributed by atoms with E-state index in [0.29, 0.717) is 30.2 Å². The van der Waals surface area contributed by atoms with Crippen molar-refractivity contribution in [3.05, 3.63) is 42.1 Å². The van der Waals surface area contributed by atoms with Crippen molar-refractivity contribution in [3.63, 3.8) is 0 Å². The van der Waals surface area contributed by atoms with Crippen molar-refractivity contribution >= 4 is 9.84 Å². The van der Waals surface area contributed by atoms with Gasteiger partial charge in [0.2, 0.25) is 0 Å². The highest BCUT2D eigenvalue weighted by Crippen LogP contribution is 2.33. The molecule has 24 heavy (non-hydrogen) atoms. The Kier molecular flexibility index (Phi) is 4.78. The zero-order chi connectivity index (χ0) is 17.2. The monoisotopic (exact) mass is 349 g/mol. The second-order valence-electron chi connectivity index (χ2n) is 6.99. The molecule has 1 heterocycles. The predicted octanol–water partition coefficient (Wildman–Crippen LogP) is 3.20. The first kappa shape index (κ1) is 17.2. The minimum absolute atomic E-state index is 0.207. The van der Waals surface area contributed by atoms with Gasteiger partial charge in [-0.25, -0.2) is 8.42 Å². The van der Waals surface area contributed by atoms with Crippen molar-refractivity contribution in [2.24, 2.45) is 5.92 Å². The van der Waals surface area contributed by atoms with E-state index < -0.39 is 15.4 Å². The molecule has 1 fully saturated rings. The fourth-order valence-corrected chi connectivity index (χ4v) is 5.04. The van der Waals surface area contributed by atoms with Crippen LogP contribution in [0.5, 0.6) is 0 Å². The Morgan fingerprint density at radius 2 is 1.92 bits per heavy atom. The number of aliphatic hydroxyl groups is 1. The van der Waals surface area contributed by atoms with E-state index in [1.807, 2.05) is 30.3 Å². The van der Waals surface area contributed by atoms with Gasteiger partial charge in [0.05, 0.1) is 22.8 Å². The quantitative estimate of drug-likeness (QED) is 0.896. The molecule has 0 atom stereocenters. The van der Waals surface area contributed by atoms with E-state index >= 15 is 0 Å². The molecular weight excluding hydrogens is 326 g/mol. The van der Waals surface area contributed by atoms with Crippen LogP contribution in [0.1, 0.15) is 38.3 Å². The molecule has 1 aliphatic rings. The number of rotatable bonds is 5. The number of aromatic nitrogens is 1. The fraction of sp³-hybridized carbons (Fsp3) is 0.500. The van der Waals surface area contributed by atoms with Crippen LogP contribution in [0.15, 0.2) is 40.9 Å². The van der Waals surface area contributed by atoms with E-state index in [0.717, 1.165) is 18.4 Å². The van der Waals surface area contributed by atoms with Gasteiger partial charge < -0.3 is 9.63 Å². The van der Waals surface area contributed by atoms with Crippen LogP contribution in [0.2, 0.25) is 0 Å². The molecule has 1 saturated carbocycles. The largest absolute Gasteiger partial charge is 0.389 e. The van der Waals surface area contributed by atoms with Gasteiger partial charge in [-0.2, -0.15) is 0 Å². The van der Waals surface area contributed by atoms with Crippen LogP contribution in [-0.4, -0.2) is 30.0 Å². The van der Waals surface area contributed by atoms with Crippen molar-refractivity contribution in [2.75, 3.05) is 5.75 Å². The van der Waals surface area contributed by atoms with E-state index in [2.05, 4.69) is 12.1 Å². The molecule has 3 rings (SSSR count). The summed E-state index contributed by atoms with van der Waals surface area (Å²) >= 11 is 0. The zero-order valence-corrected chi connectivity index (χ0v) is 14.6. The summed E-state index contributed by atoms with van der Waals surface area (Å²) < 4.78 is 30.2. The molecule has 0 spiro atoms. The van der Waals surface area contributed by atoms with Crippen LogP contribution in [-0.2, 0) is 15.6 Å². The van der Waals surface area contributed by atoms with Crippen LogP contribution >= 0.6 is 0 Å². The van der Waals surface area contributed by atoms with Crippen molar-refractivity contribution in [2.45, 2.75) is 44.0 Å². The summed E-state index contributed by atoms with van der Waals surface area (Å²) in [6.45, 7) is 2.13. The van der Waals surface area contributed by atoms with Crippen molar-refractivity contribution in [1.29, 1.82) is 0 Å². The van der Waals surface area contributed by atoms with Crippen LogP contribution < -0.4 is 0 Å². The maximum atomic E-state index is 12.5. The number of nitrogens with zero attached hydrogens (tertiary/aromatic N) is 1. The third-order valence-corrected chi connectivity index (χ3v) is 6.39. The van der Waals surface area contributed by atoms with Crippen LogP contribution in [0, 0.1) is 5.92 Å².